The van der Waals surface area contributed by atoms with Crippen LogP contribution in [0.1, 0.15) is 34.6 Å². The minimum absolute atomic E-state index is 0.0396. The molecule has 0 bridgehead atoms. The molecule has 1 aromatic carbocycles. The summed E-state index contributed by atoms with van der Waals surface area (Å²) in [6, 6.07) is 11.8. The zero-order valence-electron chi connectivity index (χ0n) is 15.7. The maximum Gasteiger partial charge on any atom is 0.256 e. The van der Waals surface area contributed by atoms with Crippen molar-refractivity contribution in [1.29, 1.82) is 0 Å². The highest BCUT2D eigenvalue weighted by atomic mass is 16.3. The van der Waals surface area contributed by atoms with Crippen LogP contribution in [0.5, 0.6) is 0 Å². The molecule has 140 valence electrons. The summed E-state index contributed by atoms with van der Waals surface area (Å²) in [6.07, 6.45) is 3.42. The number of likely N-dealkylation sites (tertiary alicyclic amines) is 1. The molecular formula is C21H24N4O2. The maximum atomic E-state index is 13.1. The highest BCUT2D eigenvalue weighted by Gasteiger charge is 2.34. The molecule has 1 amide bonds. The van der Waals surface area contributed by atoms with Crippen molar-refractivity contribution in [2.75, 3.05) is 13.1 Å². The van der Waals surface area contributed by atoms with Crippen LogP contribution < -0.4 is 0 Å². The first-order valence-electron chi connectivity index (χ1n) is 9.30. The summed E-state index contributed by atoms with van der Waals surface area (Å²) in [5.74, 6) is 0.788. The van der Waals surface area contributed by atoms with Gasteiger partial charge in [-0.15, -0.1) is 0 Å². The van der Waals surface area contributed by atoms with Gasteiger partial charge < -0.3 is 14.6 Å². The van der Waals surface area contributed by atoms with E-state index in [0.29, 0.717) is 43.4 Å². The highest BCUT2D eigenvalue weighted by Crippen LogP contribution is 2.28. The van der Waals surface area contributed by atoms with Gasteiger partial charge >= 0.3 is 0 Å². The van der Waals surface area contributed by atoms with E-state index in [1.165, 1.54) is 0 Å². The molecule has 4 rings (SSSR count). The van der Waals surface area contributed by atoms with Crippen LogP contribution in [0, 0.1) is 6.92 Å². The van der Waals surface area contributed by atoms with Gasteiger partial charge in [0.2, 0.25) is 0 Å². The van der Waals surface area contributed by atoms with Crippen LogP contribution >= 0.6 is 0 Å². The van der Waals surface area contributed by atoms with Gasteiger partial charge in [0, 0.05) is 32.8 Å². The molecule has 1 aliphatic rings. The lowest BCUT2D eigenvalue weighted by Gasteiger charge is -2.38. The van der Waals surface area contributed by atoms with Crippen molar-refractivity contribution in [2.45, 2.75) is 31.8 Å². The number of rotatable bonds is 3. The zero-order chi connectivity index (χ0) is 19.0. The Morgan fingerprint density at radius 2 is 1.89 bits per heavy atom. The van der Waals surface area contributed by atoms with Gasteiger partial charge in [-0.2, -0.15) is 0 Å². The van der Waals surface area contributed by atoms with Crippen LogP contribution in [0.25, 0.3) is 11.2 Å². The first-order valence-corrected chi connectivity index (χ1v) is 9.30. The van der Waals surface area contributed by atoms with Gasteiger partial charge in [-0.1, -0.05) is 30.3 Å². The molecule has 1 saturated heterocycles. The van der Waals surface area contributed by atoms with Crippen molar-refractivity contribution in [3.63, 3.8) is 0 Å². The highest BCUT2D eigenvalue weighted by molar-refractivity contribution is 6.04. The quantitative estimate of drug-likeness (QED) is 0.775. The lowest BCUT2D eigenvalue weighted by Crippen LogP contribution is -2.47. The van der Waals surface area contributed by atoms with E-state index in [-0.39, 0.29) is 5.91 Å². The molecule has 0 saturated carbocycles. The minimum atomic E-state index is -0.757. The Bertz CT molecular complexity index is 973. The summed E-state index contributed by atoms with van der Waals surface area (Å²) in [5.41, 5.74) is 2.31. The fraction of sp³-hybridized carbons (Fsp3) is 0.381. The molecule has 6 heteroatoms. The number of carbonyl (C=O) groups is 1. The first-order chi connectivity index (χ1) is 13.0. The number of benzene rings is 1. The van der Waals surface area contributed by atoms with Gasteiger partial charge in [0.25, 0.3) is 5.91 Å². The number of aryl methyl sites for hydroxylation is 2. The second-order valence-electron chi connectivity index (χ2n) is 7.43. The number of aliphatic hydroxyl groups is 1. The van der Waals surface area contributed by atoms with Crippen LogP contribution in [0.15, 0.2) is 42.6 Å². The summed E-state index contributed by atoms with van der Waals surface area (Å²) in [6.45, 7) is 2.98. The molecule has 6 nitrogen and oxygen atoms in total. The smallest absolute Gasteiger partial charge is 0.256 e. The number of aromatic nitrogens is 3. The number of nitrogens with zero attached hydrogens (tertiary/aromatic N) is 4. The predicted molar refractivity (Wildman–Crippen MR) is 103 cm³/mol. The van der Waals surface area contributed by atoms with Crippen LogP contribution in [0.4, 0.5) is 0 Å². The van der Waals surface area contributed by atoms with E-state index in [4.69, 9.17) is 0 Å². The van der Waals surface area contributed by atoms with E-state index in [0.717, 1.165) is 17.0 Å². The van der Waals surface area contributed by atoms with Gasteiger partial charge in [-0.25, -0.2) is 9.97 Å². The minimum Gasteiger partial charge on any atom is -0.389 e. The molecule has 27 heavy (non-hydrogen) atoms. The molecule has 0 unspecified atom stereocenters. The van der Waals surface area contributed by atoms with Crippen LogP contribution in [0.2, 0.25) is 0 Å². The van der Waals surface area contributed by atoms with E-state index in [1.54, 1.807) is 12.3 Å². The molecule has 1 aliphatic heterocycles. The van der Waals surface area contributed by atoms with Crippen molar-refractivity contribution in [3.05, 3.63) is 59.5 Å². The molecule has 1 N–H and O–H groups in total. The predicted octanol–water partition coefficient (Wildman–Crippen LogP) is 2.49. The van der Waals surface area contributed by atoms with Crippen molar-refractivity contribution < 1.29 is 9.90 Å². The topological polar surface area (TPSA) is 71.2 Å². The van der Waals surface area contributed by atoms with E-state index in [1.807, 2.05) is 53.8 Å². The summed E-state index contributed by atoms with van der Waals surface area (Å²) < 4.78 is 1.89. The molecule has 0 spiro atoms. The van der Waals surface area contributed by atoms with Gasteiger partial charge in [0.15, 0.2) is 5.65 Å². The third kappa shape index (κ3) is 3.32. The fourth-order valence-electron chi connectivity index (χ4n) is 3.81. The van der Waals surface area contributed by atoms with E-state index < -0.39 is 5.60 Å². The monoisotopic (exact) mass is 364 g/mol. The van der Waals surface area contributed by atoms with Crippen LogP contribution in [0.3, 0.4) is 0 Å². The Kier molecular flexibility index (Phi) is 4.44. The van der Waals surface area contributed by atoms with Gasteiger partial charge in [-0.3, -0.25) is 4.79 Å². The second kappa shape index (κ2) is 6.78. The number of carbonyl (C=O) groups excluding carboxylic acids is 1. The molecule has 2 aromatic heterocycles. The number of piperidine rings is 1. The summed E-state index contributed by atoms with van der Waals surface area (Å²) >= 11 is 0. The molecule has 0 atom stereocenters. The molecule has 3 aromatic rings. The summed E-state index contributed by atoms with van der Waals surface area (Å²) in [7, 11) is 1.90. The first kappa shape index (κ1) is 17.7. The summed E-state index contributed by atoms with van der Waals surface area (Å²) in [5, 5.41) is 10.9. The third-order valence-corrected chi connectivity index (χ3v) is 5.57. The molecule has 0 aliphatic carbocycles. The number of fused-ring (bicyclic) bond motifs is 1. The largest absolute Gasteiger partial charge is 0.389 e. The van der Waals surface area contributed by atoms with Gasteiger partial charge in [0.05, 0.1) is 11.2 Å². The van der Waals surface area contributed by atoms with E-state index in [2.05, 4.69) is 9.97 Å². The average molecular weight is 364 g/mol. The van der Waals surface area contributed by atoms with Crippen LogP contribution in [-0.4, -0.2) is 49.1 Å². The Labute approximate surface area is 158 Å². The van der Waals surface area contributed by atoms with Crippen molar-refractivity contribution in [3.8, 4) is 0 Å². The van der Waals surface area contributed by atoms with E-state index >= 15 is 0 Å². The summed E-state index contributed by atoms with van der Waals surface area (Å²) in [4.78, 5) is 23.8. The Morgan fingerprint density at radius 1 is 1.19 bits per heavy atom. The second-order valence-corrected chi connectivity index (χ2v) is 7.43. The van der Waals surface area contributed by atoms with Gasteiger partial charge in [0.1, 0.15) is 11.3 Å². The number of hydrogen-bond donors (Lipinski definition) is 1. The molecule has 1 fully saturated rings. The molecule has 3 heterocycles. The van der Waals surface area contributed by atoms with Crippen LogP contribution in [-0.2, 0) is 13.5 Å². The molecule has 0 radical (unpaired) electrons. The standard InChI is InChI=1S/C21H24N4O2/c1-15-23-18-17(8-11-22-19(18)24(15)2)20(26)25-12-9-21(27,10-13-25)14-16-6-4-3-5-7-16/h3-8,11,27H,9-10,12-14H2,1-2H3. The Balaban J connectivity index is 1.50. The Hall–Kier alpha value is -2.73. The Morgan fingerprint density at radius 3 is 2.59 bits per heavy atom. The SMILES string of the molecule is Cc1nc2c(C(=O)N3CCC(O)(Cc4ccccc4)CC3)ccnc2n1C. The van der Waals surface area contributed by atoms with E-state index in [9.17, 15) is 9.90 Å². The zero-order valence-corrected chi connectivity index (χ0v) is 15.7. The number of pyridine rings is 1. The van der Waals surface area contributed by atoms with Crippen molar-refractivity contribution in [2.24, 2.45) is 7.05 Å². The third-order valence-electron chi connectivity index (χ3n) is 5.57. The maximum absolute atomic E-state index is 13.1. The van der Waals surface area contributed by atoms with Crippen molar-refractivity contribution >= 4 is 17.1 Å². The van der Waals surface area contributed by atoms with Gasteiger partial charge in [-0.05, 0) is 31.4 Å². The fourth-order valence-corrected chi connectivity index (χ4v) is 3.81. The normalized spacial score (nSPS) is 16.6. The number of imidazole rings is 1. The average Bonchev–Trinajstić information content (AvgIpc) is 2.97. The number of hydrogen-bond acceptors (Lipinski definition) is 4. The number of amides is 1. The molecular weight excluding hydrogens is 340 g/mol. The lowest BCUT2D eigenvalue weighted by molar-refractivity contribution is -0.0162. The van der Waals surface area contributed by atoms with Crippen molar-refractivity contribution in [1.82, 2.24) is 19.4 Å². The lowest BCUT2D eigenvalue weighted by atomic mass is 9.85.